The van der Waals surface area contributed by atoms with Crippen LogP contribution in [-0.4, -0.2) is 19.1 Å². The van der Waals surface area contributed by atoms with Gasteiger partial charge >= 0.3 is 0 Å². The van der Waals surface area contributed by atoms with E-state index in [9.17, 15) is 0 Å². The van der Waals surface area contributed by atoms with Crippen LogP contribution in [0.25, 0.3) is 0 Å². The molecule has 0 aliphatic carbocycles. The van der Waals surface area contributed by atoms with Crippen molar-refractivity contribution in [3.8, 4) is 0 Å². The molecule has 1 saturated heterocycles. The SMILES string of the molecule is CCCNC(CC)c1ccccc1N1CCCC1CC. The van der Waals surface area contributed by atoms with Gasteiger partial charge in [-0.25, -0.2) is 0 Å². The molecule has 0 aromatic heterocycles. The van der Waals surface area contributed by atoms with E-state index in [4.69, 9.17) is 0 Å². The third-order valence-electron chi connectivity index (χ3n) is 4.52. The van der Waals surface area contributed by atoms with Crippen molar-refractivity contribution in [1.82, 2.24) is 5.32 Å². The molecule has 1 aromatic rings. The van der Waals surface area contributed by atoms with Crippen LogP contribution in [0.2, 0.25) is 0 Å². The molecule has 2 rings (SSSR count). The van der Waals surface area contributed by atoms with Gasteiger partial charge in [0.25, 0.3) is 0 Å². The largest absolute Gasteiger partial charge is 0.368 e. The second-order valence-corrected chi connectivity index (χ2v) is 5.87. The number of para-hydroxylation sites is 1. The van der Waals surface area contributed by atoms with Gasteiger partial charge in [0, 0.05) is 24.3 Å². The molecule has 0 bridgehead atoms. The Morgan fingerprint density at radius 1 is 1.25 bits per heavy atom. The normalized spacial score (nSPS) is 20.4. The summed E-state index contributed by atoms with van der Waals surface area (Å²) < 4.78 is 0. The topological polar surface area (TPSA) is 15.3 Å². The molecule has 2 unspecified atom stereocenters. The van der Waals surface area contributed by atoms with E-state index in [2.05, 4.69) is 55.3 Å². The van der Waals surface area contributed by atoms with Crippen LogP contribution in [0.1, 0.15) is 64.5 Å². The van der Waals surface area contributed by atoms with Gasteiger partial charge in [0.2, 0.25) is 0 Å². The minimum absolute atomic E-state index is 0.490. The Morgan fingerprint density at radius 2 is 2.05 bits per heavy atom. The van der Waals surface area contributed by atoms with Gasteiger partial charge in [0.05, 0.1) is 0 Å². The lowest BCUT2D eigenvalue weighted by Crippen LogP contribution is -2.31. The maximum absolute atomic E-state index is 3.71. The number of nitrogens with zero attached hydrogens (tertiary/aromatic N) is 1. The quantitative estimate of drug-likeness (QED) is 0.786. The van der Waals surface area contributed by atoms with Crippen molar-refractivity contribution in [2.24, 2.45) is 0 Å². The standard InChI is InChI=1S/C18H30N2/c1-4-13-19-17(6-3)16-11-7-8-12-18(16)20-14-9-10-15(20)5-2/h7-8,11-12,15,17,19H,4-6,9-10,13-14H2,1-3H3. The summed E-state index contributed by atoms with van der Waals surface area (Å²) in [5.41, 5.74) is 2.95. The van der Waals surface area contributed by atoms with Crippen LogP contribution in [0.3, 0.4) is 0 Å². The molecule has 1 fully saturated rings. The molecule has 20 heavy (non-hydrogen) atoms. The van der Waals surface area contributed by atoms with E-state index in [0.717, 1.165) is 19.0 Å². The van der Waals surface area contributed by atoms with Crippen LogP contribution in [0.15, 0.2) is 24.3 Å². The fourth-order valence-corrected chi connectivity index (χ4v) is 3.41. The van der Waals surface area contributed by atoms with E-state index in [-0.39, 0.29) is 0 Å². The molecule has 0 radical (unpaired) electrons. The Morgan fingerprint density at radius 3 is 2.75 bits per heavy atom. The van der Waals surface area contributed by atoms with E-state index in [1.807, 2.05) is 0 Å². The van der Waals surface area contributed by atoms with E-state index < -0.39 is 0 Å². The van der Waals surface area contributed by atoms with Crippen molar-refractivity contribution in [2.75, 3.05) is 18.0 Å². The third kappa shape index (κ3) is 3.35. The molecule has 1 aromatic carbocycles. The Kier molecular flexibility index (Phi) is 5.90. The number of nitrogens with one attached hydrogen (secondary N) is 1. The monoisotopic (exact) mass is 274 g/mol. The average molecular weight is 274 g/mol. The van der Waals surface area contributed by atoms with Gasteiger partial charge in [-0.1, -0.05) is 39.0 Å². The third-order valence-corrected chi connectivity index (χ3v) is 4.52. The lowest BCUT2D eigenvalue weighted by atomic mass is 10.0. The van der Waals surface area contributed by atoms with Gasteiger partial charge in [0.15, 0.2) is 0 Å². The number of hydrogen-bond donors (Lipinski definition) is 1. The Labute approximate surface area is 124 Å². The van der Waals surface area contributed by atoms with E-state index >= 15 is 0 Å². The Hall–Kier alpha value is -1.02. The van der Waals surface area contributed by atoms with Gasteiger partial charge in [-0.05, 0) is 50.3 Å². The van der Waals surface area contributed by atoms with E-state index in [1.54, 1.807) is 0 Å². The predicted octanol–water partition coefficient (Wildman–Crippen LogP) is 4.52. The van der Waals surface area contributed by atoms with Crippen molar-refractivity contribution < 1.29 is 0 Å². The van der Waals surface area contributed by atoms with Crippen molar-refractivity contribution >= 4 is 5.69 Å². The summed E-state index contributed by atoms with van der Waals surface area (Å²) in [6, 6.07) is 10.2. The first kappa shape index (κ1) is 15.4. The number of rotatable bonds is 7. The number of hydrogen-bond acceptors (Lipinski definition) is 2. The van der Waals surface area contributed by atoms with Crippen LogP contribution >= 0.6 is 0 Å². The van der Waals surface area contributed by atoms with Crippen LogP contribution in [0, 0.1) is 0 Å². The van der Waals surface area contributed by atoms with E-state index in [0.29, 0.717) is 6.04 Å². The first-order chi connectivity index (χ1) is 9.81. The summed E-state index contributed by atoms with van der Waals surface area (Å²) in [6.07, 6.45) is 6.30. The molecular formula is C18H30N2. The highest BCUT2D eigenvalue weighted by Crippen LogP contribution is 2.34. The molecule has 112 valence electrons. The van der Waals surface area contributed by atoms with Gasteiger partial charge in [-0.3, -0.25) is 0 Å². The van der Waals surface area contributed by atoms with Crippen molar-refractivity contribution in [2.45, 2.75) is 65.0 Å². The van der Waals surface area contributed by atoms with Crippen LogP contribution in [0.4, 0.5) is 5.69 Å². The zero-order valence-corrected chi connectivity index (χ0v) is 13.4. The highest BCUT2D eigenvalue weighted by molar-refractivity contribution is 5.56. The molecule has 0 saturated carbocycles. The summed E-state index contributed by atoms with van der Waals surface area (Å²) >= 11 is 0. The molecule has 1 heterocycles. The molecule has 0 spiro atoms. The van der Waals surface area contributed by atoms with Crippen LogP contribution in [-0.2, 0) is 0 Å². The van der Waals surface area contributed by atoms with Crippen molar-refractivity contribution in [3.05, 3.63) is 29.8 Å². The second-order valence-electron chi connectivity index (χ2n) is 5.87. The second kappa shape index (κ2) is 7.68. The molecule has 2 heteroatoms. The van der Waals surface area contributed by atoms with Crippen LogP contribution in [0.5, 0.6) is 0 Å². The summed E-state index contributed by atoms with van der Waals surface area (Å²) in [5.74, 6) is 0. The summed E-state index contributed by atoms with van der Waals surface area (Å²) in [5, 5.41) is 3.71. The van der Waals surface area contributed by atoms with E-state index in [1.165, 1.54) is 43.5 Å². The molecule has 2 atom stereocenters. The lowest BCUT2D eigenvalue weighted by molar-refractivity contribution is 0.516. The number of benzene rings is 1. The maximum Gasteiger partial charge on any atom is 0.0417 e. The summed E-state index contributed by atoms with van der Waals surface area (Å²) in [7, 11) is 0. The lowest BCUT2D eigenvalue weighted by Gasteiger charge is -2.31. The van der Waals surface area contributed by atoms with Gasteiger partial charge in [-0.2, -0.15) is 0 Å². The number of anilines is 1. The zero-order chi connectivity index (χ0) is 14.4. The highest BCUT2D eigenvalue weighted by Gasteiger charge is 2.26. The minimum atomic E-state index is 0.490. The fraction of sp³-hybridized carbons (Fsp3) is 0.667. The first-order valence-corrected chi connectivity index (χ1v) is 8.40. The molecule has 1 N–H and O–H groups in total. The molecule has 2 nitrogen and oxygen atoms in total. The average Bonchev–Trinajstić information content (AvgIpc) is 2.97. The summed E-state index contributed by atoms with van der Waals surface area (Å²) in [6.45, 7) is 9.16. The fourth-order valence-electron chi connectivity index (χ4n) is 3.41. The smallest absolute Gasteiger partial charge is 0.0417 e. The molecule has 0 amide bonds. The Bertz CT molecular complexity index is 402. The predicted molar refractivity (Wildman–Crippen MR) is 88.4 cm³/mol. The zero-order valence-electron chi connectivity index (χ0n) is 13.4. The van der Waals surface area contributed by atoms with Gasteiger partial charge < -0.3 is 10.2 Å². The molecule has 1 aliphatic heterocycles. The highest BCUT2D eigenvalue weighted by atomic mass is 15.2. The van der Waals surface area contributed by atoms with Gasteiger partial charge in [0.1, 0.15) is 0 Å². The van der Waals surface area contributed by atoms with Crippen molar-refractivity contribution in [3.63, 3.8) is 0 Å². The molecule has 1 aliphatic rings. The maximum atomic E-state index is 3.71. The Balaban J connectivity index is 2.24. The van der Waals surface area contributed by atoms with Gasteiger partial charge in [-0.15, -0.1) is 0 Å². The molecular weight excluding hydrogens is 244 g/mol. The summed E-state index contributed by atoms with van der Waals surface area (Å²) in [4.78, 5) is 2.64. The first-order valence-electron chi connectivity index (χ1n) is 8.40. The minimum Gasteiger partial charge on any atom is -0.368 e. The van der Waals surface area contributed by atoms with Crippen LogP contribution < -0.4 is 10.2 Å². The van der Waals surface area contributed by atoms with Crippen molar-refractivity contribution in [1.29, 1.82) is 0 Å².